The van der Waals surface area contributed by atoms with E-state index >= 15 is 0 Å². The van der Waals surface area contributed by atoms with Crippen molar-refractivity contribution >= 4 is 11.5 Å². The lowest BCUT2D eigenvalue weighted by Crippen LogP contribution is -2.34. The smallest absolute Gasteiger partial charge is 0.152 e. The molecule has 2 aromatic rings. The molecule has 0 aliphatic rings. The third kappa shape index (κ3) is 2.80. The standard InChI is InChI=1S/C16H26N4/c1-4-6-10-19(13(3)5-2)16-14(12-17)20-11-8-7-9-15(20)18-16/h7-9,11,13H,4-6,10,12,17H2,1-3H3. The van der Waals surface area contributed by atoms with Gasteiger partial charge in [-0.1, -0.05) is 26.3 Å². The van der Waals surface area contributed by atoms with Crippen molar-refractivity contribution in [1.82, 2.24) is 9.38 Å². The summed E-state index contributed by atoms with van der Waals surface area (Å²) in [5, 5.41) is 0. The van der Waals surface area contributed by atoms with Crippen LogP contribution in [0.1, 0.15) is 45.7 Å². The van der Waals surface area contributed by atoms with Gasteiger partial charge < -0.3 is 15.0 Å². The third-order valence-electron chi connectivity index (χ3n) is 3.95. The highest BCUT2D eigenvalue weighted by molar-refractivity contribution is 5.56. The summed E-state index contributed by atoms with van der Waals surface area (Å²) >= 11 is 0. The fourth-order valence-corrected chi connectivity index (χ4v) is 2.54. The molecule has 4 heteroatoms. The Balaban J connectivity index is 2.45. The van der Waals surface area contributed by atoms with Crippen molar-refractivity contribution in [3.05, 3.63) is 30.1 Å². The fraction of sp³-hybridized carbons (Fsp3) is 0.562. The van der Waals surface area contributed by atoms with E-state index in [1.165, 1.54) is 12.8 Å². The number of nitrogens with two attached hydrogens (primary N) is 1. The summed E-state index contributed by atoms with van der Waals surface area (Å²) in [6.45, 7) is 8.27. The van der Waals surface area contributed by atoms with Gasteiger partial charge in [0.15, 0.2) is 5.82 Å². The fourth-order valence-electron chi connectivity index (χ4n) is 2.54. The van der Waals surface area contributed by atoms with E-state index in [1.807, 2.05) is 24.4 Å². The van der Waals surface area contributed by atoms with E-state index < -0.39 is 0 Å². The van der Waals surface area contributed by atoms with Crippen molar-refractivity contribution in [2.45, 2.75) is 52.6 Å². The second-order valence-corrected chi connectivity index (χ2v) is 5.32. The Morgan fingerprint density at radius 1 is 1.35 bits per heavy atom. The quantitative estimate of drug-likeness (QED) is 0.843. The van der Waals surface area contributed by atoms with Gasteiger partial charge in [-0.3, -0.25) is 0 Å². The molecule has 0 saturated carbocycles. The molecule has 0 aromatic carbocycles. The van der Waals surface area contributed by atoms with Crippen molar-refractivity contribution in [2.24, 2.45) is 5.73 Å². The van der Waals surface area contributed by atoms with Crippen molar-refractivity contribution in [3.63, 3.8) is 0 Å². The minimum Gasteiger partial charge on any atom is -0.352 e. The van der Waals surface area contributed by atoms with Crippen molar-refractivity contribution in [3.8, 4) is 0 Å². The first-order valence-corrected chi connectivity index (χ1v) is 7.65. The highest BCUT2D eigenvalue weighted by Gasteiger charge is 2.20. The highest BCUT2D eigenvalue weighted by atomic mass is 15.2. The lowest BCUT2D eigenvalue weighted by molar-refractivity contribution is 0.588. The van der Waals surface area contributed by atoms with Gasteiger partial charge in [0.2, 0.25) is 0 Å². The van der Waals surface area contributed by atoms with Crippen LogP contribution in [-0.4, -0.2) is 22.0 Å². The molecule has 0 spiro atoms. The zero-order valence-corrected chi connectivity index (χ0v) is 12.8. The van der Waals surface area contributed by atoms with Crippen molar-refractivity contribution in [1.29, 1.82) is 0 Å². The topological polar surface area (TPSA) is 46.6 Å². The Kier molecular flexibility index (Phi) is 5.01. The second kappa shape index (κ2) is 6.75. The van der Waals surface area contributed by atoms with Gasteiger partial charge in [-0.15, -0.1) is 0 Å². The summed E-state index contributed by atoms with van der Waals surface area (Å²) in [6, 6.07) is 6.57. The molecule has 20 heavy (non-hydrogen) atoms. The SMILES string of the molecule is CCCCN(c1nc2ccccn2c1CN)C(C)CC. The maximum atomic E-state index is 5.98. The number of fused-ring (bicyclic) bond motifs is 1. The van der Waals surface area contributed by atoms with E-state index in [0.29, 0.717) is 12.6 Å². The Morgan fingerprint density at radius 2 is 2.15 bits per heavy atom. The van der Waals surface area contributed by atoms with Crippen LogP contribution in [0.4, 0.5) is 5.82 Å². The predicted octanol–water partition coefficient (Wildman–Crippen LogP) is 3.20. The lowest BCUT2D eigenvalue weighted by atomic mass is 10.2. The Bertz CT molecular complexity index is 546. The van der Waals surface area contributed by atoms with Gasteiger partial charge in [0.1, 0.15) is 5.65 Å². The molecule has 2 N–H and O–H groups in total. The highest BCUT2D eigenvalue weighted by Crippen LogP contribution is 2.24. The summed E-state index contributed by atoms with van der Waals surface area (Å²) in [4.78, 5) is 7.23. The number of hydrogen-bond acceptors (Lipinski definition) is 3. The van der Waals surface area contributed by atoms with Crippen LogP contribution in [0.25, 0.3) is 5.65 Å². The number of nitrogens with zero attached hydrogens (tertiary/aromatic N) is 3. The number of rotatable bonds is 7. The largest absolute Gasteiger partial charge is 0.352 e. The minimum absolute atomic E-state index is 0.483. The molecule has 0 saturated heterocycles. The molecule has 0 fully saturated rings. The van der Waals surface area contributed by atoms with E-state index in [2.05, 4.69) is 30.1 Å². The maximum Gasteiger partial charge on any atom is 0.152 e. The second-order valence-electron chi connectivity index (χ2n) is 5.32. The number of hydrogen-bond donors (Lipinski definition) is 1. The Hall–Kier alpha value is -1.55. The first-order valence-electron chi connectivity index (χ1n) is 7.65. The van der Waals surface area contributed by atoms with E-state index in [9.17, 15) is 0 Å². The molecule has 1 atom stereocenters. The van der Waals surface area contributed by atoms with Crippen LogP contribution < -0.4 is 10.6 Å². The third-order valence-corrected chi connectivity index (χ3v) is 3.95. The summed E-state index contributed by atoms with van der Waals surface area (Å²) < 4.78 is 2.11. The molecule has 0 aliphatic carbocycles. The minimum atomic E-state index is 0.483. The van der Waals surface area contributed by atoms with E-state index in [4.69, 9.17) is 10.7 Å². The molecule has 2 heterocycles. The number of imidazole rings is 1. The molecule has 2 rings (SSSR count). The van der Waals surface area contributed by atoms with Crippen molar-refractivity contribution in [2.75, 3.05) is 11.4 Å². The Morgan fingerprint density at radius 3 is 2.80 bits per heavy atom. The molecule has 4 nitrogen and oxygen atoms in total. The first-order chi connectivity index (χ1) is 9.72. The summed E-state index contributed by atoms with van der Waals surface area (Å²) in [5.74, 6) is 1.06. The zero-order chi connectivity index (χ0) is 14.5. The summed E-state index contributed by atoms with van der Waals surface area (Å²) in [7, 11) is 0. The van der Waals surface area contributed by atoms with Gasteiger partial charge in [0.05, 0.1) is 5.69 Å². The molecule has 110 valence electrons. The van der Waals surface area contributed by atoms with Crippen molar-refractivity contribution < 1.29 is 0 Å². The van der Waals surface area contributed by atoms with E-state index in [0.717, 1.165) is 30.1 Å². The van der Waals surface area contributed by atoms with Gasteiger partial charge >= 0.3 is 0 Å². The molecular formula is C16H26N4. The van der Waals surface area contributed by atoms with Crippen LogP contribution in [-0.2, 0) is 6.54 Å². The molecule has 2 aromatic heterocycles. The van der Waals surface area contributed by atoms with Crippen LogP contribution in [0.2, 0.25) is 0 Å². The first kappa shape index (κ1) is 14.9. The number of anilines is 1. The lowest BCUT2D eigenvalue weighted by Gasteiger charge is -2.29. The summed E-state index contributed by atoms with van der Waals surface area (Å²) in [6.07, 6.45) is 5.53. The molecular weight excluding hydrogens is 248 g/mol. The molecule has 1 unspecified atom stereocenters. The molecule has 0 aliphatic heterocycles. The number of unbranched alkanes of at least 4 members (excludes halogenated alkanes) is 1. The number of aromatic nitrogens is 2. The van der Waals surface area contributed by atoms with Gasteiger partial charge in [-0.25, -0.2) is 4.98 Å². The summed E-state index contributed by atoms with van der Waals surface area (Å²) in [5.41, 5.74) is 8.07. The van der Waals surface area contributed by atoms with Gasteiger partial charge in [-0.2, -0.15) is 0 Å². The van der Waals surface area contributed by atoms with Crippen LogP contribution in [0, 0.1) is 0 Å². The average molecular weight is 274 g/mol. The van der Waals surface area contributed by atoms with Crippen LogP contribution >= 0.6 is 0 Å². The predicted molar refractivity (Wildman–Crippen MR) is 85.1 cm³/mol. The van der Waals surface area contributed by atoms with Gasteiger partial charge in [0, 0.05) is 25.3 Å². The van der Waals surface area contributed by atoms with Crippen LogP contribution in [0.15, 0.2) is 24.4 Å². The van der Waals surface area contributed by atoms with E-state index in [1.54, 1.807) is 0 Å². The molecule has 0 amide bonds. The van der Waals surface area contributed by atoms with Crippen LogP contribution in [0.5, 0.6) is 0 Å². The number of pyridine rings is 1. The van der Waals surface area contributed by atoms with E-state index in [-0.39, 0.29) is 0 Å². The Labute approximate surface area is 121 Å². The van der Waals surface area contributed by atoms with Crippen LogP contribution in [0.3, 0.4) is 0 Å². The molecule has 0 radical (unpaired) electrons. The average Bonchev–Trinajstić information content (AvgIpc) is 2.85. The molecule has 0 bridgehead atoms. The maximum absolute atomic E-state index is 5.98. The van der Waals surface area contributed by atoms with Gasteiger partial charge in [0.25, 0.3) is 0 Å². The van der Waals surface area contributed by atoms with Gasteiger partial charge in [-0.05, 0) is 31.9 Å². The zero-order valence-electron chi connectivity index (χ0n) is 12.8. The normalized spacial score (nSPS) is 12.8. The monoisotopic (exact) mass is 274 g/mol.